The van der Waals surface area contributed by atoms with E-state index in [1.165, 1.54) is 0 Å². The lowest BCUT2D eigenvalue weighted by Gasteiger charge is -2.21. The van der Waals surface area contributed by atoms with Gasteiger partial charge in [0.2, 0.25) is 0 Å². The number of hydrogen-bond donors (Lipinski definition) is 0. The largest absolute Gasteiger partial charge is 0.497 e. The summed E-state index contributed by atoms with van der Waals surface area (Å²) < 4.78 is 17.0. The number of ether oxygens (including phenoxy) is 2. The first-order valence-corrected chi connectivity index (χ1v) is 9.17. The highest BCUT2D eigenvalue weighted by Crippen LogP contribution is 2.30. The van der Waals surface area contributed by atoms with Gasteiger partial charge in [-0.25, -0.2) is 0 Å². The molecule has 140 valence electrons. The molecule has 0 N–H and O–H groups in total. The zero-order chi connectivity index (χ0) is 19.0. The van der Waals surface area contributed by atoms with E-state index in [9.17, 15) is 4.79 Å². The van der Waals surface area contributed by atoms with Crippen LogP contribution in [0, 0.1) is 0 Å². The predicted molar refractivity (Wildman–Crippen MR) is 105 cm³/mol. The van der Waals surface area contributed by atoms with Crippen LogP contribution in [-0.2, 0) is 13.1 Å². The molecule has 2 aromatic carbocycles. The van der Waals surface area contributed by atoms with Crippen LogP contribution >= 0.6 is 11.6 Å². The molecule has 1 aromatic heterocycles. The minimum Gasteiger partial charge on any atom is -0.497 e. The highest BCUT2D eigenvalue weighted by Gasteiger charge is 2.22. The molecule has 0 spiro atoms. The Labute approximate surface area is 162 Å². The third-order valence-electron chi connectivity index (χ3n) is 4.71. The summed E-state index contributed by atoms with van der Waals surface area (Å²) in [6, 6.07) is 10.9. The van der Waals surface area contributed by atoms with E-state index in [1.54, 1.807) is 31.6 Å². The molecule has 1 unspecified atom stereocenters. The van der Waals surface area contributed by atoms with Crippen molar-refractivity contribution in [3.63, 3.8) is 0 Å². The Bertz CT molecular complexity index is 1050. The normalized spacial score (nSPS) is 17.2. The van der Waals surface area contributed by atoms with E-state index in [1.807, 2.05) is 25.1 Å². The molecule has 27 heavy (non-hydrogen) atoms. The van der Waals surface area contributed by atoms with Crippen molar-refractivity contribution in [2.24, 2.45) is 0 Å². The molecular formula is C21H20ClNO4. The summed E-state index contributed by atoms with van der Waals surface area (Å²) in [5.41, 5.74) is 2.16. The summed E-state index contributed by atoms with van der Waals surface area (Å²) >= 11 is 6.04. The summed E-state index contributed by atoms with van der Waals surface area (Å²) in [6.07, 6.45) is 1.53. The molecule has 0 bridgehead atoms. The van der Waals surface area contributed by atoms with Crippen molar-refractivity contribution in [1.82, 2.24) is 4.90 Å². The lowest BCUT2D eigenvalue weighted by molar-refractivity contribution is 0.155. The van der Waals surface area contributed by atoms with Gasteiger partial charge in [0.05, 0.1) is 18.8 Å². The van der Waals surface area contributed by atoms with Crippen LogP contribution in [0.25, 0.3) is 11.0 Å². The monoisotopic (exact) mass is 385 g/mol. The van der Waals surface area contributed by atoms with Crippen LogP contribution in [0.3, 0.4) is 0 Å². The number of methoxy groups -OCH3 is 1. The van der Waals surface area contributed by atoms with Gasteiger partial charge in [-0.15, -0.1) is 0 Å². The standard InChI is InChI=1S/C21H20ClNO4/c1-13-9-23(10-14-3-5-17(25-2)8-20(14)27-13)11-15-12-26-19-6-4-16(22)7-18(19)21(15)24/h3-8,12-13H,9-11H2,1-2H3. The Morgan fingerprint density at radius 1 is 1.26 bits per heavy atom. The molecule has 1 aliphatic rings. The Morgan fingerprint density at radius 2 is 2.11 bits per heavy atom. The van der Waals surface area contributed by atoms with Crippen molar-refractivity contribution in [2.45, 2.75) is 26.1 Å². The second-order valence-corrected chi connectivity index (χ2v) is 7.24. The Balaban J connectivity index is 1.65. The Kier molecular flexibility index (Phi) is 4.81. The molecule has 2 heterocycles. The smallest absolute Gasteiger partial charge is 0.197 e. The fourth-order valence-electron chi connectivity index (χ4n) is 3.44. The van der Waals surface area contributed by atoms with Crippen LogP contribution in [0.15, 0.2) is 51.9 Å². The van der Waals surface area contributed by atoms with Crippen molar-refractivity contribution < 1.29 is 13.9 Å². The third-order valence-corrected chi connectivity index (χ3v) is 4.95. The molecule has 0 aliphatic carbocycles. The number of rotatable bonds is 3. The second-order valence-electron chi connectivity index (χ2n) is 6.80. The highest BCUT2D eigenvalue weighted by molar-refractivity contribution is 6.31. The van der Waals surface area contributed by atoms with E-state index in [2.05, 4.69) is 4.90 Å². The molecule has 0 radical (unpaired) electrons. The van der Waals surface area contributed by atoms with Gasteiger partial charge in [-0.2, -0.15) is 0 Å². The zero-order valence-electron chi connectivity index (χ0n) is 15.2. The Hall–Kier alpha value is -2.50. The summed E-state index contributed by atoms with van der Waals surface area (Å²) in [6.45, 7) is 3.87. The number of hydrogen-bond acceptors (Lipinski definition) is 5. The molecule has 0 amide bonds. The molecule has 1 atom stereocenters. The SMILES string of the molecule is COc1ccc2c(c1)OC(C)CN(Cc1coc3ccc(Cl)cc3c1=O)C2. The van der Waals surface area contributed by atoms with Crippen molar-refractivity contribution in [1.29, 1.82) is 0 Å². The molecule has 0 fully saturated rings. The van der Waals surface area contributed by atoms with Gasteiger partial charge in [-0.3, -0.25) is 9.69 Å². The molecule has 3 aromatic rings. The van der Waals surface area contributed by atoms with E-state index < -0.39 is 0 Å². The van der Waals surface area contributed by atoms with Gasteiger partial charge in [-0.1, -0.05) is 17.7 Å². The van der Waals surface area contributed by atoms with E-state index in [0.717, 1.165) is 17.1 Å². The van der Waals surface area contributed by atoms with Crippen LogP contribution in [0.4, 0.5) is 0 Å². The van der Waals surface area contributed by atoms with E-state index >= 15 is 0 Å². The first kappa shape index (κ1) is 17.9. The maximum Gasteiger partial charge on any atom is 0.197 e. The van der Waals surface area contributed by atoms with Crippen molar-refractivity contribution in [2.75, 3.05) is 13.7 Å². The fourth-order valence-corrected chi connectivity index (χ4v) is 3.61. The summed E-state index contributed by atoms with van der Waals surface area (Å²) in [4.78, 5) is 15.0. The average Bonchev–Trinajstić information content (AvgIpc) is 2.81. The van der Waals surface area contributed by atoms with Crippen molar-refractivity contribution >= 4 is 22.6 Å². The lowest BCUT2D eigenvalue weighted by atomic mass is 10.1. The number of fused-ring (bicyclic) bond motifs is 2. The van der Waals surface area contributed by atoms with E-state index in [-0.39, 0.29) is 11.5 Å². The van der Waals surface area contributed by atoms with Gasteiger partial charge in [-0.05, 0) is 31.2 Å². The molecule has 0 saturated heterocycles. The maximum atomic E-state index is 12.9. The van der Waals surface area contributed by atoms with Crippen molar-refractivity contribution in [3.05, 3.63) is 69.0 Å². The van der Waals surface area contributed by atoms with Gasteiger partial charge >= 0.3 is 0 Å². The van der Waals surface area contributed by atoms with Crippen LogP contribution in [0.1, 0.15) is 18.1 Å². The first-order valence-electron chi connectivity index (χ1n) is 8.79. The lowest BCUT2D eigenvalue weighted by Crippen LogP contribution is -2.32. The van der Waals surface area contributed by atoms with Gasteiger partial charge in [0.25, 0.3) is 0 Å². The van der Waals surface area contributed by atoms with Gasteiger partial charge < -0.3 is 13.9 Å². The Morgan fingerprint density at radius 3 is 2.93 bits per heavy atom. The molecule has 5 nitrogen and oxygen atoms in total. The molecule has 4 rings (SSSR count). The highest BCUT2D eigenvalue weighted by atomic mass is 35.5. The zero-order valence-corrected chi connectivity index (χ0v) is 16.0. The number of halogens is 1. The minimum atomic E-state index is -0.0495. The first-order chi connectivity index (χ1) is 13.0. The van der Waals surface area contributed by atoms with Gasteiger partial charge in [0.1, 0.15) is 23.2 Å². The second kappa shape index (κ2) is 7.25. The maximum absolute atomic E-state index is 12.9. The van der Waals surface area contributed by atoms with Gasteiger partial charge in [0, 0.05) is 41.9 Å². The number of nitrogens with zero attached hydrogens (tertiary/aromatic N) is 1. The van der Waals surface area contributed by atoms with E-state index in [4.69, 9.17) is 25.5 Å². The summed E-state index contributed by atoms with van der Waals surface area (Å²) in [7, 11) is 1.64. The van der Waals surface area contributed by atoms with Crippen LogP contribution in [0.2, 0.25) is 5.02 Å². The van der Waals surface area contributed by atoms with Crippen LogP contribution in [0.5, 0.6) is 11.5 Å². The van der Waals surface area contributed by atoms with E-state index in [0.29, 0.717) is 41.2 Å². The van der Waals surface area contributed by atoms with Crippen molar-refractivity contribution in [3.8, 4) is 11.5 Å². The van der Waals surface area contributed by atoms with Crippen LogP contribution < -0.4 is 14.9 Å². The molecule has 1 aliphatic heterocycles. The third kappa shape index (κ3) is 3.66. The van der Waals surface area contributed by atoms with Crippen LogP contribution in [-0.4, -0.2) is 24.7 Å². The minimum absolute atomic E-state index is 0.0136. The fraction of sp³-hybridized carbons (Fsp3) is 0.286. The predicted octanol–water partition coefficient (Wildman–Crippen LogP) is 4.24. The molecule has 0 saturated carbocycles. The average molecular weight is 386 g/mol. The quantitative estimate of drug-likeness (QED) is 0.675. The summed E-state index contributed by atoms with van der Waals surface area (Å²) in [5.74, 6) is 1.59. The number of benzene rings is 2. The summed E-state index contributed by atoms with van der Waals surface area (Å²) in [5, 5.41) is 1.02. The molecule has 6 heteroatoms. The van der Waals surface area contributed by atoms with Gasteiger partial charge in [0.15, 0.2) is 5.43 Å². The molecular weight excluding hydrogens is 366 g/mol. The topological polar surface area (TPSA) is 51.9 Å².